The van der Waals surface area contributed by atoms with E-state index in [1.54, 1.807) is 32.9 Å². The highest BCUT2D eigenvalue weighted by atomic mass is 16.6. The highest BCUT2D eigenvalue weighted by molar-refractivity contribution is 6.29. The van der Waals surface area contributed by atoms with Gasteiger partial charge in [0.25, 0.3) is 0 Å². The first-order chi connectivity index (χ1) is 16.6. The molecule has 0 saturated carbocycles. The number of esters is 1. The van der Waals surface area contributed by atoms with E-state index in [1.807, 2.05) is 30.3 Å². The molecule has 1 saturated heterocycles. The number of likely N-dealkylation sites (tertiary alicyclic amines) is 1. The smallest absolute Gasteiger partial charge is 0.325 e. The maximum Gasteiger partial charge on any atom is 0.325 e. The number of carbonyl (C=O) groups is 4. The maximum atomic E-state index is 13.8. The van der Waals surface area contributed by atoms with Crippen molar-refractivity contribution in [3.8, 4) is 0 Å². The zero-order valence-corrected chi connectivity index (χ0v) is 20.5. The largest absolute Gasteiger partial charge is 0.459 e. The van der Waals surface area contributed by atoms with E-state index >= 15 is 0 Å². The van der Waals surface area contributed by atoms with Gasteiger partial charge in [-0.3, -0.25) is 24.1 Å². The minimum Gasteiger partial charge on any atom is -0.459 e. The number of nitrogens with zero attached hydrogens (tertiary/aromatic N) is 1. The van der Waals surface area contributed by atoms with E-state index in [9.17, 15) is 19.2 Å². The van der Waals surface area contributed by atoms with Gasteiger partial charge in [0, 0.05) is 12.1 Å². The summed E-state index contributed by atoms with van der Waals surface area (Å²) in [7, 11) is 0. The lowest BCUT2D eigenvalue weighted by Gasteiger charge is -2.45. The standard InChI is InChI=1S/C28H32N2O5/c1-27(2,3)35-22(31)17-29-26(34)23-24(32)20-11-7-8-12-21(20)28(25(23)33)13-15-30(16-14-28)18-19-9-5-4-6-10-19/h4-12,23H,13-18H2,1-3H3,(H,29,34). The number of ether oxygens (including phenoxy) is 1. The summed E-state index contributed by atoms with van der Waals surface area (Å²) in [5.74, 6) is -3.71. The first-order valence-electron chi connectivity index (χ1n) is 12.0. The van der Waals surface area contributed by atoms with Crippen LogP contribution in [0, 0.1) is 5.92 Å². The van der Waals surface area contributed by atoms with Gasteiger partial charge in [0.2, 0.25) is 5.91 Å². The van der Waals surface area contributed by atoms with Crippen molar-refractivity contribution in [1.29, 1.82) is 0 Å². The van der Waals surface area contributed by atoms with Crippen molar-refractivity contribution in [2.24, 2.45) is 5.92 Å². The SMILES string of the molecule is CC(C)(C)OC(=O)CNC(=O)C1C(=O)c2ccccc2C2(CCN(Cc3ccccc3)CC2)C1=O. The molecule has 1 atom stereocenters. The molecule has 1 aliphatic carbocycles. The molecule has 7 heteroatoms. The third-order valence-corrected chi connectivity index (χ3v) is 6.75. The summed E-state index contributed by atoms with van der Waals surface area (Å²) in [6, 6.07) is 17.3. The fourth-order valence-corrected chi connectivity index (χ4v) is 5.13. The Hall–Kier alpha value is -3.32. The minimum atomic E-state index is -1.46. The van der Waals surface area contributed by atoms with Crippen molar-refractivity contribution in [1.82, 2.24) is 10.2 Å². The summed E-state index contributed by atoms with van der Waals surface area (Å²) < 4.78 is 5.23. The first kappa shape index (κ1) is 24.8. The van der Waals surface area contributed by atoms with Crippen LogP contribution in [-0.2, 0) is 31.1 Å². The Balaban J connectivity index is 1.54. The van der Waals surface area contributed by atoms with Crippen LogP contribution in [0.4, 0.5) is 0 Å². The lowest BCUT2D eigenvalue weighted by atomic mass is 9.60. The van der Waals surface area contributed by atoms with E-state index in [1.165, 1.54) is 5.56 Å². The van der Waals surface area contributed by atoms with Crippen LogP contribution >= 0.6 is 0 Å². The number of amides is 1. The van der Waals surface area contributed by atoms with Crippen LogP contribution in [-0.4, -0.2) is 53.6 Å². The van der Waals surface area contributed by atoms with Crippen LogP contribution in [0.2, 0.25) is 0 Å². The van der Waals surface area contributed by atoms with Gasteiger partial charge in [0.15, 0.2) is 17.5 Å². The second-order valence-electron chi connectivity index (χ2n) is 10.4. The van der Waals surface area contributed by atoms with E-state index < -0.39 is 41.1 Å². The van der Waals surface area contributed by atoms with Gasteiger partial charge in [-0.15, -0.1) is 0 Å². The van der Waals surface area contributed by atoms with Gasteiger partial charge in [-0.05, 0) is 57.8 Å². The maximum absolute atomic E-state index is 13.8. The van der Waals surface area contributed by atoms with Gasteiger partial charge in [-0.2, -0.15) is 0 Å². The summed E-state index contributed by atoms with van der Waals surface area (Å²) in [6.07, 6.45) is 1.05. The normalized spacial score (nSPS) is 19.8. The summed E-state index contributed by atoms with van der Waals surface area (Å²) in [5.41, 5.74) is 0.737. The Morgan fingerprint density at radius 1 is 1.00 bits per heavy atom. The number of piperidine rings is 1. The van der Waals surface area contributed by atoms with E-state index in [4.69, 9.17) is 4.74 Å². The molecule has 1 fully saturated rings. The number of rotatable bonds is 5. The number of fused-ring (bicyclic) bond motifs is 2. The third-order valence-electron chi connectivity index (χ3n) is 6.75. The summed E-state index contributed by atoms with van der Waals surface area (Å²) in [6.45, 7) is 6.92. The van der Waals surface area contributed by atoms with Crippen molar-refractivity contribution in [2.45, 2.75) is 51.2 Å². The molecular formula is C28H32N2O5. The molecular weight excluding hydrogens is 444 g/mol. The van der Waals surface area contributed by atoms with Crippen molar-refractivity contribution < 1.29 is 23.9 Å². The molecule has 1 unspecified atom stereocenters. The molecule has 2 aliphatic rings. The van der Waals surface area contributed by atoms with Crippen LogP contribution in [0.1, 0.15) is 55.1 Å². The second-order valence-corrected chi connectivity index (χ2v) is 10.4. The number of hydrogen-bond acceptors (Lipinski definition) is 6. The number of hydrogen-bond donors (Lipinski definition) is 1. The number of benzene rings is 2. The molecule has 1 spiro atoms. The second kappa shape index (κ2) is 9.74. The first-order valence-corrected chi connectivity index (χ1v) is 12.0. The fourth-order valence-electron chi connectivity index (χ4n) is 5.13. The number of ketones is 2. The Morgan fingerprint density at radius 3 is 2.29 bits per heavy atom. The average molecular weight is 477 g/mol. The van der Waals surface area contributed by atoms with Gasteiger partial charge < -0.3 is 10.1 Å². The molecule has 1 N–H and O–H groups in total. The molecule has 1 amide bonds. The molecule has 0 aromatic heterocycles. The Kier molecular flexibility index (Phi) is 6.90. The van der Waals surface area contributed by atoms with E-state index in [0.717, 1.165) is 6.54 Å². The predicted octanol–water partition coefficient (Wildman–Crippen LogP) is 3.06. The molecule has 0 radical (unpaired) electrons. The lowest BCUT2D eigenvalue weighted by Crippen LogP contribution is -2.57. The molecule has 184 valence electrons. The third kappa shape index (κ3) is 5.20. The summed E-state index contributed by atoms with van der Waals surface area (Å²) in [4.78, 5) is 54.5. The topological polar surface area (TPSA) is 92.8 Å². The van der Waals surface area contributed by atoms with Crippen LogP contribution in [0.5, 0.6) is 0 Å². The van der Waals surface area contributed by atoms with E-state index in [2.05, 4.69) is 22.3 Å². The quantitative estimate of drug-likeness (QED) is 0.527. The van der Waals surface area contributed by atoms with Gasteiger partial charge in [0.1, 0.15) is 12.1 Å². The lowest BCUT2D eigenvalue weighted by molar-refractivity contribution is -0.155. The highest BCUT2D eigenvalue weighted by Crippen LogP contribution is 2.44. The molecule has 35 heavy (non-hydrogen) atoms. The van der Waals surface area contributed by atoms with Crippen molar-refractivity contribution in [2.75, 3.05) is 19.6 Å². The molecule has 1 heterocycles. The molecule has 1 aliphatic heterocycles. The predicted molar refractivity (Wildman–Crippen MR) is 131 cm³/mol. The molecule has 4 rings (SSSR count). The van der Waals surface area contributed by atoms with E-state index in [0.29, 0.717) is 37.1 Å². The van der Waals surface area contributed by atoms with E-state index in [-0.39, 0.29) is 5.78 Å². The number of Topliss-reactive ketones (excluding diaryl/α,β-unsaturated/α-hetero) is 2. The average Bonchev–Trinajstić information content (AvgIpc) is 2.82. The number of carbonyl (C=O) groups excluding carboxylic acids is 4. The Bertz CT molecular complexity index is 1130. The monoisotopic (exact) mass is 476 g/mol. The zero-order chi connectivity index (χ0) is 25.2. The van der Waals surface area contributed by atoms with Crippen molar-refractivity contribution in [3.63, 3.8) is 0 Å². The van der Waals surface area contributed by atoms with Crippen LogP contribution in [0.25, 0.3) is 0 Å². The fraction of sp³-hybridized carbons (Fsp3) is 0.429. The van der Waals surface area contributed by atoms with Crippen molar-refractivity contribution in [3.05, 3.63) is 71.3 Å². The summed E-state index contributed by atoms with van der Waals surface area (Å²) in [5, 5.41) is 2.46. The molecule has 7 nitrogen and oxygen atoms in total. The van der Waals surface area contributed by atoms with Crippen molar-refractivity contribution >= 4 is 23.4 Å². The van der Waals surface area contributed by atoms with Gasteiger partial charge in [-0.1, -0.05) is 54.6 Å². The molecule has 2 aromatic carbocycles. The van der Waals surface area contributed by atoms with Crippen LogP contribution in [0.15, 0.2) is 54.6 Å². The minimum absolute atomic E-state index is 0.373. The zero-order valence-electron chi connectivity index (χ0n) is 20.5. The van der Waals surface area contributed by atoms with Gasteiger partial charge in [0.05, 0.1) is 5.41 Å². The molecule has 2 aromatic rings. The van der Waals surface area contributed by atoms with Crippen LogP contribution in [0.3, 0.4) is 0 Å². The highest BCUT2D eigenvalue weighted by Gasteiger charge is 2.54. The molecule has 0 bridgehead atoms. The van der Waals surface area contributed by atoms with Crippen LogP contribution < -0.4 is 5.32 Å². The van der Waals surface area contributed by atoms with Gasteiger partial charge >= 0.3 is 5.97 Å². The Morgan fingerprint density at radius 2 is 1.63 bits per heavy atom. The van der Waals surface area contributed by atoms with Gasteiger partial charge in [-0.25, -0.2) is 0 Å². The Labute approximate surface area is 205 Å². The summed E-state index contributed by atoms with van der Waals surface area (Å²) >= 11 is 0. The number of nitrogens with one attached hydrogen (secondary N) is 1.